The number of benzene rings is 1. The first-order chi connectivity index (χ1) is 9.15. The van der Waals surface area contributed by atoms with E-state index in [1.807, 2.05) is 27.7 Å². The third-order valence-corrected chi connectivity index (χ3v) is 1.82. The predicted octanol–water partition coefficient (Wildman–Crippen LogP) is 4.11. The van der Waals surface area contributed by atoms with E-state index in [2.05, 4.69) is 10.1 Å². The third-order valence-electron chi connectivity index (χ3n) is 1.82. The van der Waals surface area contributed by atoms with Gasteiger partial charge in [0, 0.05) is 18.8 Å². The summed E-state index contributed by atoms with van der Waals surface area (Å²) in [6.45, 7) is 8.00. The second kappa shape index (κ2) is 12.6. The number of ether oxygens (including phenoxy) is 1. The smallest absolute Gasteiger partial charge is 0.330 e. The molecule has 0 heterocycles. The Morgan fingerprint density at radius 2 is 1.79 bits per heavy atom. The molecule has 0 radical (unpaired) electrons. The zero-order valence-electron chi connectivity index (χ0n) is 12.6. The zero-order chi connectivity index (χ0) is 15.3. The lowest BCUT2D eigenvalue weighted by Gasteiger charge is -2.01. The molecule has 0 aliphatic heterocycles. The summed E-state index contributed by atoms with van der Waals surface area (Å²) in [6.07, 6.45) is 2.74. The van der Waals surface area contributed by atoms with Crippen LogP contribution in [-0.4, -0.2) is 20.1 Å². The minimum Gasteiger partial charge on any atom is -0.466 e. The van der Waals surface area contributed by atoms with Crippen molar-refractivity contribution in [2.75, 3.05) is 19.5 Å². The van der Waals surface area contributed by atoms with E-state index in [9.17, 15) is 9.18 Å². The van der Waals surface area contributed by atoms with Crippen LogP contribution >= 0.6 is 0 Å². The molecule has 3 nitrogen and oxygen atoms in total. The van der Waals surface area contributed by atoms with E-state index in [1.54, 1.807) is 13.1 Å². The normalized spacial score (nSPS) is 8.79. The summed E-state index contributed by atoms with van der Waals surface area (Å²) >= 11 is 0. The van der Waals surface area contributed by atoms with Crippen LogP contribution < -0.4 is 5.32 Å². The largest absolute Gasteiger partial charge is 0.466 e. The average Bonchev–Trinajstić information content (AvgIpc) is 2.48. The first kappa shape index (κ1) is 19.5. The molecule has 4 heteroatoms. The Labute approximate surface area is 115 Å². The van der Waals surface area contributed by atoms with Crippen molar-refractivity contribution in [3.63, 3.8) is 0 Å². The molecule has 19 heavy (non-hydrogen) atoms. The maximum atomic E-state index is 13.0. The van der Waals surface area contributed by atoms with Crippen LogP contribution in [0.5, 0.6) is 0 Å². The number of esters is 1. The maximum Gasteiger partial charge on any atom is 0.330 e. The summed E-state index contributed by atoms with van der Waals surface area (Å²) < 4.78 is 17.5. The van der Waals surface area contributed by atoms with Gasteiger partial charge in [0.1, 0.15) is 5.82 Å². The lowest BCUT2D eigenvalue weighted by Crippen LogP contribution is -1.94. The monoisotopic (exact) mass is 269 g/mol. The van der Waals surface area contributed by atoms with Gasteiger partial charge < -0.3 is 10.1 Å². The number of nitrogens with one attached hydrogen (secondary N) is 1. The molecule has 0 amide bonds. The second-order valence-electron chi connectivity index (χ2n) is 2.88. The summed E-state index contributed by atoms with van der Waals surface area (Å²) in [6, 6.07) is 4.43. The van der Waals surface area contributed by atoms with Gasteiger partial charge in [-0.05, 0) is 29.8 Å². The number of carbonyl (C=O) groups is 1. The van der Waals surface area contributed by atoms with Gasteiger partial charge in [0.2, 0.25) is 0 Å². The number of hydrogen-bond acceptors (Lipinski definition) is 3. The fraction of sp³-hybridized carbons (Fsp3) is 0.400. The Morgan fingerprint density at radius 1 is 1.21 bits per heavy atom. The highest BCUT2D eigenvalue weighted by molar-refractivity contribution is 5.87. The second-order valence-corrected chi connectivity index (χ2v) is 2.88. The van der Waals surface area contributed by atoms with Crippen LogP contribution in [0.2, 0.25) is 0 Å². The molecular formula is C15H24FNO2. The summed E-state index contributed by atoms with van der Waals surface area (Å²) in [4.78, 5) is 10.8. The van der Waals surface area contributed by atoms with Crippen molar-refractivity contribution in [3.05, 3.63) is 35.7 Å². The van der Waals surface area contributed by atoms with Gasteiger partial charge in [-0.1, -0.05) is 27.7 Å². The molecule has 0 fully saturated rings. The van der Waals surface area contributed by atoms with E-state index in [4.69, 9.17) is 0 Å². The number of halogens is 1. The van der Waals surface area contributed by atoms with E-state index in [-0.39, 0.29) is 5.82 Å². The Morgan fingerprint density at radius 3 is 2.26 bits per heavy atom. The first-order valence-electron chi connectivity index (χ1n) is 6.40. The van der Waals surface area contributed by atoms with Gasteiger partial charge in [-0.2, -0.15) is 0 Å². The van der Waals surface area contributed by atoms with Crippen molar-refractivity contribution in [2.45, 2.75) is 27.7 Å². The molecule has 0 aromatic heterocycles. The van der Waals surface area contributed by atoms with Crippen LogP contribution in [0.3, 0.4) is 0 Å². The maximum absolute atomic E-state index is 13.0. The van der Waals surface area contributed by atoms with Gasteiger partial charge in [-0.25, -0.2) is 9.18 Å². The fourth-order valence-corrected chi connectivity index (χ4v) is 1.09. The van der Waals surface area contributed by atoms with Crippen molar-refractivity contribution in [3.8, 4) is 0 Å². The third kappa shape index (κ3) is 8.83. The van der Waals surface area contributed by atoms with Crippen LogP contribution in [0.1, 0.15) is 33.3 Å². The lowest BCUT2D eigenvalue weighted by molar-refractivity contribution is -0.134. The summed E-state index contributed by atoms with van der Waals surface area (Å²) in [5.74, 6) is -0.823. The molecule has 0 aliphatic carbocycles. The van der Waals surface area contributed by atoms with Gasteiger partial charge in [0.25, 0.3) is 0 Å². The Bertz CT molecular complexity index is 390. The number of anilines is 1. The topological polar surface area (TPSA) is 38.3 Å². The summed E-state index contributed by atoms with van der Waals surface area (Å²) in [7, 11) is 2.99. The van der Waals surface area contributed by atoms with Crippen molar-refractivity contribution in [1.82, 2.24) is 0 Å². The first-order valence-corrected chi connectivity index (χ1v) is 6.40. The minimum atomic E-state index is -0.467. The highest BCUT2D eigenvalue weighted by Crippen LogP contribution is 2.14. The minimum absolute atomic E-state index is 0.355. The van der Waals surface area contributed by atoms with E-state index < -0.39 is 5.97 Å². The van der Waals surface area contributed by atoms with E-state index in [0.717, 1.165) is 0 Å². The Hall–Kier alpha value is -1.84. The molecule has 0 atom stereocenters. The molecule has 0 bridgehead atoms. The van der Waals surface area contributed by atoms with Gasteiger partial charge >= 0.3 is 5.97 Å². The van der Waals surface area contributed by atoms with Crippen LogP contribution in [0, 0.1) is 5.82 Å². The van der Waals surface area contributed by atoms with E-state index in [0.29, 0.717) is 11.3 Å². The van der Waals surface area contributed by atoms with Crippen molar-refractivity contribution < 1.29 is 13.9 Å². The SMILES string of the molecule is CC.CC.CNc1cc(F)cc(/C=C/C(=O)OC)c1. The fourth-order valence-electron chi connectivity index (χ4n) is 1.09. The molecule has 108 valence electrons. The molecule has 1 aromatic rings. The van der Waals surface area contributed by atoms with Gasteiger partial charge in [-0.15, -0.1) is 0 Å². The molecule has 1 N–H and O–H groups in total. The molecule has 1 rings (SSSR count). The standard InChI is InChI=1S/C11H12FNO2.2C2H6/c1-13-10-6-8(5-9(12)7-10)3-4-11(14)15-2;2*1-2/h3-7,13H,1-2H3;2*1-2H3/b4-3+;;. The van der Waals surface area contributed by atoms with Crippen LogP contribution in [0.4, 0.5) is 10.1 Å². The molecule has 0 saturated heterocycles. The van der Waals surface area contributed by atoms with E-state index in [1.165, 1.54) is 31.4 Å². The van der Waals surface area contributed by atoms with Gasteiger partial charge in [0.05, 0.1) is 7.11 Å². The highest BCUT2D eigenvalue weighted by atomic mass is 19.1. The number of hydrogen-bond donors (Lipinski definition) is 1. The number of carbonyl (C=O) groups excluding carboxylic acids is 1. The van der Waals surface area contributed by atoms with Gasteiger partial charge in [-0.3, -0.25) is 0 Å². The van der Waals surface area contributed by atoms with Crippen molar-refractivity contribution in [1.29, 1.82) is 0 Å². The molecule has 0 spiro atoms. The van der Waals surface area contributed by atoms with E-state index >= 15 is 0 Å². The predicted molar refractivity (Wildman–Crippen MR) is 79.7 cm³/mol. The number of methoxy groups -OCH3 is 1. The van der Waals surface area contributed by atoms with Gasteiger partial charge in [0.15, 0.2) is 0 Å². The van der Waals surface area contributed by atoms with Crippen LogP contribution in [0.15, 0.2) is 24.3 Å². The van der Waals surface area contributed by atoms with Crippen molar-refractivity contribution >= 4 is 17.7 Å². The molecular weight excluding hydrogens is 245 g/mol. The highest BCUT2D eigenvalue weighted by Gasteiger charge is 1.98. The quantitative estimate of drug-likeness (QED) is 0.663. The lowest BCUT2D eigenvalue weighted by atomic mass is 10.2. The number of rotatable bonds is 3. The molecule has 1 aromatic carbocycles. The molecule has 0 unspecified atom stereocenters. The van der Waals surface area contributed by atoms with Crippen molar-refractivity contribution in [2.24, 2.45) is 0 Å². The average molecular weight is 269 g/mol. The molecule has 0 saturated carbocycles. The Balaban J connectivity index is 0. The zero-order valence-corrected chi connectivity index (χ0v) is 12.6. The van der Waals surface area contributed by atoms with Crippen LogP contribution in [0.25, 0.3) is 6.08 Å². The Kier molecular flexibility index (Phi) is 12.9. The summed E-state index contributed by atoms with van der Waals surface area (Å²) in [5, 5.41) is 2.82. The summed E-state index contributed by atoms with van der Waals surface area (Å²) in [5.41, 5.74) is 1.25. The molecule has 0 aliphatic rings. The van der Waals surface area contributed by atoms with Crippen LogP contribution in [-0.2, 0) is 9.53 Å².